The van der Waals surface area contributed by atoms with Gasteiger partial charge >= 0.3 is 12.2 Å². The number of nitrogens with zero attached hydrogens (tertiary/aromatic N) is 2. The van der Waals surface area contributed by atoms with Crippen LogP contribution in [0.3, 0.4) is 0 Å². The van der Waals surface area contributed by atoms with Crippen molar-refractivity contribution in [2.24, 2.45) is 5.92 Å². The van der Waals surface area contributed by atoms with Crippen LogP contribution in [0.1, 0.15) is 30.5 Å². The molecule has 0 radical (unpaired) electrons. The SMILES string of the molecule is C[C@@H]1CN([C@H](C)CO)C(=O)Cc2cc(NC(=O)Nc3ccc(C(F)(F)F)cc3)ccc2O[C@@H]1CN(C)Cc1ccc(Oc2ccccc2)cc1. The summed E-state index contributed by atoms with van der Waals surface area (Å²) in [7, 11) is 2.00. The van der Waals surface area contributed by atoms with Crippen LogP contribution in [0.4, 0.5) is 29.3 Å². The first-order valence-electron chi connectivity index (χ1n) is 16.3. The molecule has 0 bridgehead atoms. The normalized spacial score (nSPS) is 17.1. The number of amides is 3. The number of hydrogen-bond donors (Lipinski definition) is 3. The standard InChI is InChI=1S/C38H41F3N4O5/c1-25-21-45(26(2)24-46)36(47)20-28-19-31(43-37(48)42-30-13-11-29(12-14-30)38(39,40)41)15-18-34(28)50-35(25)23-44(3)22-27-9-16-33(17-10-27)49-32-7-5-4-6-8-32/h4-19,25-26,35,46H,20-24H2,1-3H3,(H2,42,43,48)/t25-,26-,35-/m1/s1. The fourth-order valence-electron chi connectivity index (χ4n) is 5.73. The molecule has 50 heavy (non-hydrogen) atoms. The Morgan fingerprint density at radius 2 is 1.62 bits per heavy atom. The maximum absolute atomic E-state index is 13.6. The van der Waals surface area contributed by atoms with Gasteiger partial charge in [0, 0.05) is 42.5 Å². The van der Waals surface area contributed by atoms with Crippen molar-refractivity contribution >= 4 is 23.3 Å². The van der Waals surface area contributed by atoms with Crippen molar-refractivity contribution < 1.29 is 37.3 Å². The summed E-state index contributed by atoms with van der Waals surface area (Å²) in [5, 5.41) is 15.2. The van der Waals surface area contributed by atoms with Gasteiger partial charge in [-0.1, -0.05) is 37.3 Å². The highest BCUT2D eigenvalue weighted by Gasteiger charge is 2.32. The molecule has 4 aromatic rings. The second-order valence-electron chi connectivity index (χ2n) is 12.6. The molecule has 0 saturated heterocycles. The first-order chi connectivity index (χ1) is 23.9. The number of nitrogens with one attached hydrogen (secondary N) is 2. The Balaban J connectivity index is 1.29. The van der Waals surface area contributed by atoms with Crippen LogP contribution in [-0.2, 0) is 23.9 Å². The first kappa shape index (κ1) is 36.2. The van der Waals surface area contributed by atoms with Crippen LogP contribution < -0.4 is 20.1 Å². The molecule has 9 nitrogen and oxygen atoms in total. The van der Waals surface area contributed by atoms with E-state index in [-0.39, 0.29) is 36.6 Å². The summed E-state index contributed by atoms with van der Waals surface area (Å²) < 4.78 is 51.3. The monoisotopic (exact) mass is 690 g/mol. The van der Waals surface area contributed by atoms with Gasteiger partial charge in [-0.25, -0.2) is 4.79 Å². The highest BCUT2D eigenvalue weighted by Crippen LogP contribution is 2.31. The van der Waals surface area contributed by atoms with E-state index in [1.54, 1.807) is 30.0 Å². The summed E-state index contributed by atoms with van der Waals surface area (Å²) >= 11 is 0. The molecule has 3 N–H and O–H groups in total. The number of benzene rings is 4. The van der Waals surface area contributed by atoms with Crippen LogP contribution in [0.25, 0.3) is 0 Å². The van der Waals surface area contributed by atoms with E-state index < -0.39 is 23.8 Å². The number of anilines is 2. The highest BCUT2D eigenvalue weighted by molar-refractivity contribution is 6.00. The Hall–Kier alpha value is -5.07. The smallest absolute Gasteiger partial charge is 0.416 e. The summed E-state index contributed by atoms with van der Waals surface area (Å²) in [5.41, 5.74) is 1.36. The van der Waals surface area contributed by atoms with Crippen LogP contribution in [0, 0.1) is 5.92 Å². The van der Waals surface area contributed by atoms with Gasteiger partial charge in [-0.3, -0.25) is 9.69 Å². The number of urea groups is 1. The largest absolute Gasteiger partial charge is 0.488 e. The lowest BCUT2D eigenvalue weighted by Gasteiger charge is -2.34. The third-order valence-corrected chi connectivity index (χ3v) is 8.49. The quantitative estimate of drug-likeness (QED) is 0.160. The van der Waals surface area contributed by atoms with Crippen molar-refractivity contribution in [3.05, 3.63) is 114 Å². The fraction of sp³-hybridized carbons (Fsp3) is 0.316. The van der Waals surface area contributed by atoms with Crippen molar-refractivity contribution in [2.45, 2.75) is 45.1 Å². The second-order valence-corrected chi connectivity index (χ2v) is 12.6. The van der Waals surface area contributed by atoms with E-state index >= 15 is 0 Å². The molecule has 3 amide bonds. The van der Waals surface area contributed by atoms with Crippen molar-refractivity contribution in [1.29, 1.82) is 0 Å². The molecular formula is C38H41F3N4O5. The molecule has 5 rings (SSSR count). The molecule has 3 atom stereocenters. The van der Waals surface area contributed by atoms with Gasteiger partial charge in [0.05, 0.1) is 24.6 Å². The second kappa shape index (κ2) is 16.1. The minimum atomic E-state index is -4.48. The van der Waals surface area contributed by atoms with Crippen molar-refractivity contribution in [3.8, 4) is 17.2 Å². The Morgan fingerprint density at radius 3 is 2.28 bits per heavy atom. The minimum absolute atomic E-state index is 0.0254. The molecule has 0 spiro atoms. The van der Waals surface area contributed by atoms with Gasteiger partial charge in [0.2, 0.25) is 5.91 Å². The average molecular weight is 691 g/mol. The summed E-state index contributed by atoms with van der Waals surface area (Å²) in [5.74, 6) is 1.70. The predicted octanol–water partition coefficient (Wildman–Crippen LogP) is 7.42. The van der Waals surface area contributed by atoms with E-state index in [2.05, 4.69) is 15.5 Å². The maximum Gasteiger partial charge on any atom is 0.416 e. The molecule has 0 unspecified atom stereocenters. The van der Waals surface area contributed by atoms with Crippen LogP contribution in [0.15, 0.2) is 97.1 Å². The third kappa shape index (κ3) is 9.76. The number of rotatable bonds is 10. The molecule has 12 heteroatoms. The predicted molar refractivity (Wildman–Crippen MR) is 185 cm³/mol. The number of fused-ring (bicyclic) bond motifs is 1. The van der Waals surface area contributed by atoms with Gasteiger partial charge in [-0.15, -0.1) is 0 Å². The molecular weight excluding hydrogens is 649 g/mol. The van der Waals surface area contributed by atoms with Crippen LogP contribution >= 0.6 is 0 Å². The lowest BCUT2D eigenvalue weighted by Crippen LogP contribution is -2.47. The Bertz CT molecular complexity index is 1740. The summed E-state index contributed by atoms with van der Waals surface area (Å²) in [6.07, 6.45) is -4.84. The molecule has 0 aromatic heterocycles. The number of carbonyl (C=O) groups is 2. The highest BCUT2D eigenvalue weighted by atomic mass is 19.4. The average Bonchev–Trinajstić information content (AvgIpc) is 3.12. The number of ether oxygens (including phenoxy) is 2. The van der Waals surface area contributed by atoms with Gasteiger partial charge in [0.1, 0.15) is 23.4 Å². The number of aliphatic hydroxyl groups excluding tert-OH is 1. The van der Waals surface area contributed by atoms with Crippen molar-refractivity contribution in [3.63, 3.8) is 0 Å². The third-order valence-electron chi connectivity index (χ3n) is 8.49. The summed E-state index contributed by atoms with van der Waals surface area (Å²) in [6.45, 7) is 5.16. The fourth-order valence-corrected chi connectivity index (χ4v) is 5.73. The zero-order valence-electron chi connectivity index (χ0n) is 28.1. The van der Waals surface area contributed by atoms with Crippen LogP contribution in [-0.4, -0.2) is 65.7 Å². The number of likely N-dealkylation sites (N-methyl/N-ethyl adjacent to an activating group) is 1. The van der Waals surface area contributed by atoms with E-state index in [0.29, 0.717) is 36.6 Å². The number of halogens is 3. The van der Waals surface area contributed by atoms with Crippen LogP contribution in [0.2, 0.25) is 0 Å². The topological polar surface area (TPSA) is 103 Å². The molecule has 264 valence electrons. The van der Waals surface area contributed by atoms with Gasteiger partial charge in [-0.2, -0.15) is 13.2 Å². The molecule has 0 fully saturated rings. The van der Waals surface area contributed by atoms with Crippen LogP contribution in [0.5, 0.6) is 17.2 Å². The van der Waals surface area contributed by atoms with Crippen molar-refractivity contribution in [2.75, 3.05) is 37.4 Å². The van der Waals surface area contributed by atoms with E-state index in [9.17, 15) is 27.9 Å². The number of para-hydroxylation sites is 1. The van der Waals surface area contributed by atoms with E-state index in [1.807, 2.05) is 68.6 Å². The lowest BCUT2D eigenvalue weighted by molar-refractivity contribution is -0.137. The van der Waals surface area contributed by atoms with E-state index in [0.717, 1.165) is 29.2 Å². The molecule has 1 heterocycles. The number of aliphatic hydroxyl groups is 1. The van der Waals surface area contributed by atoms with Gasteiger partial charge in [0.25, 0.3) is 0 Å². The summed E-state index contributed by atoms with van der Waals surface area (Å²) in [6, 6.07) is 25.5. The van der Waals surface area contributed by atoms with E-state index in [4.69, 9.17) is 9.47 Å². The van der Waals surface area contributed by atoms with Crippen molar-refractivity contribution in [1.82, 2.24) is 9.80 Å². The Labute approximate surface area is 289 Å². The zero-order valence-corrected chi connectivity index (χ0v) is 28.1. The summed E-state index contributed by atoms with van der Waals surface area (Å²) in [4.78, 5) is 30.1. The first-order valence-corrected chi connectivity index (χ1v) is 16.3. The number of hydrogen-bond acceptors (Lipinski definition) is 6. The number of carbonyl (C=O) groups excluding carboxylic acids is 2. The van der Waals surface area contributed by atoms with Gasteiger partial charge in [0.15, 0.2) is 0 Å². The lowest BCUT2D eigenvalue weighted by atomic mass is 10.0. The number of alkyl halides is 3. The van der Waals surface area contributed by atoms with E-state index in [1.165, 1.54) is 12.1 Å². The molecule has 0 aliphatic carbocycles. The molecule has 1 aliphatic rings. The molecule has 0 saturated carbocycles. The van der Waals surface area contributed by atoms with Gasteiger partial charge < -0.3 is 30.1 Å². The Kier molecular flexibility index (Phi) is 11.7. The minimum Gasteiger partial charge on any atom is -0.488 e. The molecule has 4 aromatic carbocycles. The maximum atomic E-state index is 13.6. The molecule has 1 aliphatic heterocycles. The Morgan fingerprint density at radius 1 is 0.980 bits per heavy atom. The zero-order chi connectivity index (χ0) is 35.8. The van der Waals surface area contributed by atoms with Gasteiger partial charge in [-0.05, 0) is 86.3 Å².